The van der Waals surface area contributed by atoms with E-state index < -0.39 is 0 Å². The van der Waals surface area contributed by atoms with Gasteiger partial charge in [0, 0.05) is 6.54 Å². The summed E-state index contributed by atoms with van der Waals surface area (Å²) in [5, 5.41) is 0. The van der Waals surface area contributed by atoms with Gasteiger partial charge in [0.25, 0.3) is 0 Å². The molecule has 0 heterocycles. The van der Waals surface area contributed by atoms with Gasteiger partial charge in [-0.25, -0.2) is 0 Å². The van der Waals surface area contributed by atoms with Crippen molar-refractivity contribution in [3.63, 3.8) is 0 Å². The summed E-state index contributed by atoms with van der Waals surface area (Å²) in [4.78, 5) is 0. The van der Waals surface area contributed by atoms with Gasteiger partial charge in [0.2, 0.25) is 0 Å². The van der Waals surface area contributed by atoms with E-state index >= 15 is 0 Å². The molecule has 2 N–H and O–H groups in total. The van der Waals surface area contributed by atoms with Crippen LogP contribution in [0.2, 0.25) is 0 Å². The lowest BCUT2D eigenvalue weighted by Crippen LogP contribution is -1.99. The smallest absolute Gasteiger partial charge is 0.119 e. The summed E-state index contributed by atoms with van der Waals surface area (Å²) >= 11 is 5.46. The third-order valence-corrected chi connectivity index (χ3v) is 1.66. The molecule has 0 saturated heterocycles. The summed E-state index contributed by atoms with van der Waals surface area (Å²) in [7, 11) is 0. The Hall–Kier alpha value is -0.730. The average Bonchev–Trinajstić information content (AvgIpc) is 2.15. The molecular weight excluding hydrogens is 174 g/mol. The van der Waals surface area contributed by atoms with Crippen LogP contribution < -0.4 is 10.5 Å². The number of halogens is 1. The first-order chi connectivity index (χ1) is 5.86. The molecule has 2 nitrogen and oxygen atoms in total. The van der Waals surface area contributed by atoms with Crippen molar-refractivity contribution in [2.75, 3.05) is 12.5 Å². The summed E-state index contributed by atoms with van der Waals surface area (Å²) < 4.78 is 5.28. The molecule has 1 aromatic carbocycles. The SMILES string of the molecule is NCc1ccc(OCCCl)cc1. The Labute approximate surface area is 77.3 Å². The molecule has 12 heavy (non-hydrogen) atoms. The lowest BCUT2D eigenvalue weighted by Gasteiger charge is -2.03. The molecule has 0 unspecified atom stereocenters. The molecule has 0 aromatic heterocycles. The Morgan fingerprint density at radius 1 is 1.25 bits per heavy atom. The molecule has 0 atom stereocenters. The number of nitrogens with two attached hydrogens (primary N) is 1. The fourth-order valence-corrected chi connectivity index (χ4v) is 0.955. The molecule has 1 rings (SSSR count). The normalized spacial score (nSPS) is 9.83. The summed E-state index contributed by atoms with van der Waals surface area (Å²) in [6.45, 7) is 1.11. The molecule has 0 bridgehead atoms. The van der Waals surface area contributed by atoms with Gasteiger partial charge < -0.3 is 10.5 Å². The minimum Gasteiger partial charge on any atom is -0.492 e. The first-order valence-electron chi connectivity index (χ1n) is 3.84. The first kappa shape index (κ1) is 9.36. The number of rotatable bonds is 4. The zero-order chi connectivity index (χ0) is 8.81. The number of hydrogen-bond donors (Lipinski definition) is 1. The van der Waals surface area contributed by atoms with Gasteiger partial charge in [-0.05, 0) is 17.7 Å². The van der Waals surface area contributed by atoms with Crippen molar-refractivity contribution in [3.8, 4) is 5.75 Å². The maximum Gasteiger partial charge on any atom is 0.119 e. The van der Waals surface area contributed by atoms with Gasteiger partial charge in [-0.15, -0.1) is 11.6 Å². The lowest BCUT2D eigenvalue weighted by atomic mass is 10.2. The van der Waals surface area contributed by atoms with Crippen LogP contribution in [0.4, 0.5) is 0 Å². The Morgan fingerprint density at radius 2 is 1.92 bits per heavy atom. The molecule has 0 aliphatic rings. The zero-order valence-electron chi connectivity index (χ0n) is 6.79. The highest BCUT2D eigenvalue weighted by molar-refractivity contribution is 6.17. The van der Waals surface area contributed by atoms with Crippen molar-refractivity contribution in [2.24, 2.45) is 5.73 Å². The van der Waals surface area contributed by atoms with Crippen LogP contribution in [-0.2, 0) is 6.54 Å². The molecule has 0 amide bonds. The summed E-state index contributed by atoms with van der Waals surface area (Å²) in [6, 6.07) is 7.69. The van der Waals surface area contributed by atoms with Crippen LogP contribution >= 0.6 is 11.6 Å². The second-order valence-corrected chi connectivity index (χ2v) is 2.76. The van der Waals surface area contributed by atoms with Crippen molar-refractivity contribution in [2.45, 2.75) is 6.54 Å². The molecule has 0 aliphatic heterocycles. The third kappa shape index (κ3) is 2.72. The van der Waals surface area contributed by atoms with E-state index in [1.54, 1.807) is 0 Å². The minimum absolute atomic E-state index is 0.513. The van der Waals surface area contributed by atoms with E-state index in [0.717, 1.165) is 11.3 Å². The molecule has 0 spiro atoms. The monoisotopic (exact) mass is 185 g/mol. The molecule has 0 radical (unpaired) electrons. The molecule has 0 saturated carbocycles. The van der Waals surface area contributed by atoms with Crippen molar-refractivity contribution in [1.29, 1.82) is 0 Å². The minimum atomic E-state index is 0.513. The number of alkyl halides is 1. The Morgan fingerprint density at radius 3 is 2.42 bits per heavy atom. The van der Waals surface area contributed by atoms with Crippen LogP contribution in [0.1, 0.15) is 5.56 Å². The maximum atomic E-state index is 5.46. The summed E-state index contributed by atoms with van der Waals surface area (Å²) in [5.41, 5.74) is 6.54. The van der Waals surface area contributed by atoms with E-state index in [4.69, 9.17) is 22.1 Å². The molecule has 0 fully saturated rings. The van der Waals surface area contributed by atoms with Gasteiger partial charge in [-0.2, -0.15) is 0 Å². The van der Waals surface area contributed by atoms with Gasteiger partial charge >= 0.3 is 0 Å². The van der Waals surface area contributed by atoms with E-state index in [2.05, 4.69) is 0 Å². The van der Waals surface area contributed by atoms with E-state index in [1.807, 2.05) is 24.3 Å². The number of hydrogen-bond acceptors (Lipinski definition) is 2. The zero-order valence-corrected chi connectivity index (χ0v) is 7.55. The van der Waals surface area contributed by atoms with E-state index in [0.29, 0.717) is 19.0 Å². The summed E-state index contributed by atoms with van der Waals surface area (Å²) in [5.74, 6) is 1.35. The summed E-state index contributed by atoms with van der Waals surface area (Å²) in [6.07, 6.45) is 0. The third-order valence-electron chi connectivity index (χ3n) is 1.50. The van der Waals surface area contributed by atoms with Crippen LogP contribution in [-0.4, -0.2) is 12.5 Å². The second-order valence-electron chi connectivity index (χ2n) is 2.39. The highest BCUT2D eigenvalue weighted by Gasteiger charge is 1.92. The quantitative estimate of drug-likeness (QED) is 0.726. The van der Waals surface area contributed by atoms with Crippen molar-refractivity contribution < 1.29 is 4.74 Å². The highest BCUT2D eigenvalue weighted by Crippen LogP contribution is 2.11. The molecule has 3 heteroatoms. The number of benzene rings is 1. The van der Waals surface area contributed by atoms with Gasteiger partial charge in [-0.1, -0.05) is 12.1 Å². The first-order valence-corrected chi connectivity index (χ1v) is 4.38. The van der Waals surface area contributed by atoms with Gasteiger partial charge in [0.15, 0.2) is 0 Å². The molecular formula is C9H12ClNO. The largest absolute Gasteiger partial charge is 0.492 e. The van der Waals surface area contributed by atoms with E-state index in [9.17, 15) is 0 Å². The van der Waals surface area contributed by atoms with Gasteiger partial charge in [0.1, 0.15) is 12.4 Å². The fraction of sp³-hybridized carbons (Fsp3) is 0.333. The van der Waals surface area contributed by atoms with Crippen molar-refractivity contribution in [1.82, 2.24) is 0 Å². The second kappa shape index (κ2) is 5.01. The Kier molecular flexibility index (Phi) is 3.91. The van der Waals surface area contributed by atoms with Gasteiger partial charge in [0.05, 0.1) is 5.88 Å². The van der Waals surface area contributed by atoms with E-state index in [-0.39, 0.29) is 0 Å². The molecule has 0 aliphatic carbocycles. The van der Waals surface area contributed by atoms with Crippen LogP contribution in [0, 0.1) is 0 Å². The topological polar surface area (TPSA) is 35.2 Å². The predicted octanol–water partition coefficient (Wildman–Crippen LogP) is 1.76. The van der Waals surface area contributed by atoms with Crippen LogP contribution in [0.3, 0.4) is 0 Å². The van der Waals surface area contributed by atoms with Crippen LogP contribution in [0.25, 0.3) is 0 Å². The van der Waals surface area contributed by atoms with E-state index in [1.165, 1.54) is 0 Å². The van der Waals surface area contributed by atoms with Crippen LogP contribution in [0.15, 0.2) is 24.3 Å². The molecule has 1 aromatic rings. The maximum absolute atomic E-state index is 5.46. The Balaban J connectivity index is 2.53. The van der Waals surface area contributed by atoms with Crippen molar-refractivity contribution >= 4 is 11.6 Å². The van der Waals surface area contributed by atoms with Gasteiger partial charge in [-0.3, -0.25) is 0 Å². The highest BCUT2D eigenvalue weighted by atomic mass is 35.5. The van der Waals surface area contributed by atoms with Crippen molar-refractivity contribution in [3.05, 3.63) is 29.8 Å². The average molecular weight is 186 g/mol. The number of ether oxygens (including phenoxy) is 1. The fourth-order valence-electron chi connectivity index (χ4n) is 0.878. The molecule has 66 valence electrons. The predicted molar refractivity (Wildman–Crippen MR) is 50.5 cm³/mol. The lowest BCUT2D eigenvalue weighted by molar-refractivity contribution is 0.342. The van der Waals surface area contributed by atoms with Crippen LogP contribution in [0.5, 0.6) is 5.75 Å². The standard InChI is InChI=1S/C9H12ClNO/c10-5-6-12-9-3-1-8(7-11)2-4-9/h1-4H,5-7,11H2. The Bertz CT molecular complexity index is 222.